The van der Waals surface area contributed by atoms with Gasteiger partial charge in [-0.2, -0.15) is 0 Å². The van der Waals surface area contributed by atoms with Gasteiger partial charge in [0.25, 0.3) is 0 Å². The van der Waals surface area contributed by atoms with Crippen LogP contribution in [0.1, 0.15) is 31.9 Å². The topological polar surface area (TPSA) is 30.5 Å². The Bertz CT molecular complexity index is 429. The van der Waals surface area contributed by atoms with Crippen molar-refractivity contribution in [2.24, 2.45) is 0 Å². The van der Waals surface area contributed by atoms with Crippen LogP contribution in [0.3, 0.4) is 0 Å². The third-order valence-corrected chi connectivity index (χ3v) is 3.00. The van der Waals surface area contributed by atoms with Gasteiger partial charge >= 0.3 is 0 Å². The van der Waals surface area contributed by atoms with Gasteiger partial charge in [-0.3, -0.25) is 0 Å². The Morgan fingerprint density at radius 3 is 2.89 bits per heavy atom. The van der Waals surface area contributed by atoms with Gasteiger partial charge < -0.3 is 14.8 Å². The first-order valence-electron chi connectivity index (χ1n) is 6.51. The molecule has 1 aromatic carbocycles. The minimum atomic E-state index is 0.126. The fourth-order valence-corrected chi connectivity index (χ4v) is 2.16. The van der Waals surface area contributed by atoms with Crippen molar-refractivity contribution in [1.82, 2.24) is 5.32 Å². The molecule has 98 valence electrons. The summed E-state index contributed by atoms with van der Waals surface area (Å²) in [6.45, 7) is 10.5. The molecule has 1 unspecified atom stereocenters. The normalized spacial score (nSPS) is 15.2. The molecule has 0 aliphatic carbocycles. The number of para-hydroxylation sites is 1. The number of fused-ring (bicyclic) bond motifs is 1. The summed E-state index contributed by atoms with van der Waals surface area (Å²) < 4.78 is 11.4. The van der Waals surface area contributed by atoms with E-state index in [-0.39, 0.29) is 6.04 Å². The molecule has 1 aliphatic heterocycles. The molecule has 1 heterocycles. The van der Waals surface area contributed by atoms with Crippen molar-refractivity contribution in [2.75, 3.05) is 19.8 Å². The van der Waals surface area contributed by atoms with Crippen LogP contribution < -0.4 is 14.8 Å². The van der Waals surface area contributed by atoms with Gasteiger partial charge in [-0.1, -0.05) is 31.2 Å². The lowest BCUT2D eigenvalue weighted by molar-refractivity contribution is 0.169. The van der Waals surface area contributed by atoms with E-state index < -0.39 is 0 Å². The van der Waals surface area contributed by atoms with Crippen molar-refractivity contribution < 1.29 is 9.47 Å². The Morgan fingerprint density at radius 2 is 2.17 bits per heavy atom. The number of ether oxygens (including phenoxy) is 2. The molecule has 2 rings (SSSR count). The van der Waals surface area contributed by atoms with Crippen LogP contribution in [0.25, 0.3) is 0 Å². The summed E-state index contributed by atoms with van der Waals surface area (Å²) in [6.07, 6.45) is 1.09. The minimum Gasteiger partial charge on any atom is -0.486 e. The molecule has 18 heavy (non-hydrogen) atoms. The first-order chi connectivity index (χ1) is 8.74. The zero-order valence-corrected chi connectivity index (χ0v) is 11.2. The second-order valence-corrected chi connectivity index (χ2v) is 4.60. The molecule has 0 fully saturated rings. The lowest BCUT2D eigenvalue weighted by atomic mass is 9.99. The van der Waals surface area contributed by atoms with Crippen LogP contribution in [0.4, 0.5) is 0 Å². The Balaban J connectivity index is 2.32. The molecule has 0 aromatic heterocycles. The maximum atomic E-state index is 5.76. The lowest BCUT2D eigenvalue weighted by Crippen LogP contribution is -2.25. The van der Waals surface area contributed by atoms with Gasteiger partial charge in [-0.15, -0.1) is 0 Å². The van der Waals surface area contributed by atoms with E-state index in [0.717, 1.165) is 35.6 Å². The molecule has 1 atom stereocenters. The van der Waals surface area contributed by atoms with Crippen LogP contribution in [0, 0.1) is 0 Å². The maximum Gasteiger partial charge on any atom is 0.166 e. The first-order valence-corrected chi connectivity index (χ1v) is 6.51. The molecule has 1 aromatic rings. The Morgan fingerprint density at radius 1 is 1.39 bits per heavy atom. The smallest absolute Gasteiger partial charge is 0.166 e. The quantitative estimate of drug-likeness (QED) is 0.811. The van der Waals surface area contributed by atoms with E-state index in [9.17, 15) is 0 Å². The second-order valence-electron chi connectivity index (χ2n) is 4.60. The summed E-state index contributed by atoms with van der Waals surface area (Å²) in [7, 11) is 0. The molecule has 0 spiro atoms. The van der Waals surface area contributed by atoms with Crippen molar-refractivity contribution in [2.45, 2.75) is 26.3 Å². The third-order valence-electron chi connectivity index (χ3n) is 3.00. The van der Waals surface area contributed by atoms with Crippen molar-refractivity contribution in [3.8, 4) is 11.5 Å². The Kier molecular flexibility index (Phi) is 4.26. The molecule has 3 nitrogen and oxygen atoms in total. The van der Waals surface area contributed by atoms with Crippen LogP contribution in [0.2, 0.25) is 0 Å². The molecule has 0 amide bonds. The third kappa shape index (κ3) is 2.67. The van der Waals surface area contributed by atoms with Gasteiger partial charge in [0.1, 0.15) is 13.2 Å². The van der Waals surface area contributed by atoms with Crippen molar-refractivity contribution in [1.29, 1.82) is 0 Å². The van der Waals surface area contributed by atoms with Gasteiger partial charge in [-0.05, 0) is 26.0 Å². The molecular formula is C15H21NO2. The zero-order chi connectivity index (χ0) is 13.0. The summed E-state index contributed by atoms with van der Waals surface area (Å²) in [5, 5.41) is 3.50. The van der Waals surface area contributed by atoms with E-state index in [1.165, 1.54) is 0 Å². The van der Waals surface area contributed by atoms with E-state index in [4.69, 9.17) is 9.47 Å². The molecular weight excluding hydrogens is 226 g/mol. The highest BCUT2D eigenvalue weighted by atomic mass is 16.6. The summed E-state index contributed by atoms with van der Waals surface area (Å²) >= 11 is 0. The van der Waals surface area contributed by atoms with Crippen molar-refractivity contribution >= 4 is 0 Å². The predicted octanol–water partition coefficient (Wildman–Crippen LogP) is 3.07. The fourth-order valence-electron chi connectivity index (χ4n) is 2.16. The Labute approximate surface area is 109 Å². The molecule has 0 radical (unpaired) electrons. The van der Waals surface area contributed by atoms with Crippen molar-refractivity contribution in [3.63, 3.8) is 0 Å². The molecule has 1 N–H and O–H groups in total. The van der Waals surface area contributed by atoms with Crippen LogP contribution >= 0.6 is 0 Å². The predicted molar refractivity (Wildman–Crippen MR) is 73.3 cm³/mol. The lowest BCUT2D eigenvalue weighted by Gasteiger charge is -2.26. The fraction of sp³-hybridized carbons (Fsp3) is 0.467. The summed E-state index contributed by atoms with van der Waals surface area (Å²) in [5.41, 5.74) is 2.21. The van der Waals surface area contributed by atoms with Crippen LogP contribution in [-0.2, 0) is 0 Å². The van der Waals surface area contributed by atoms with E-state index in [2.05, 4.69) is 24.9 Å². The van der Waals surface area contributed by atoms with Gasteiger partial charge in [0.05, 0.1) is 6.04 Å². The van der Waals surface area contributed by atoms with E-state index in [1.807, 2.05) is 19.1 Å². The maximum absolute atomic E-state index is 5.76. The van der Waals surface area contributed by atoms with E-state index in [1.54, 1.807) is 0 Å². The number of hydrogen-bond donors (Lipinski definition) is 1. The average Bonchev–Trinajstić information content (AvgIpc) is 2.39. The highest BCUT2D eigenvalue weighted by Crippen LogP contribution is 2.38. The molecule has 0 bridgehead atoms. The number of hydrogen-bond acceptors (Lipinski definition) is 3. The summed E-state index contributed by atoms with van der Waals surface area (Å²) in [5.74, 6) is 1.70. The standard InChI is InChI=1S/C15H21NO2/c1-4-8-16-14(11(2)3)12-6-5-7-13-15(12)18-10-9-17-13/h5-7,14,16H,2,4,8-10H2,1,3H3. The largest absolute Gasteiger partial charge is 0.486 e. The van der Waals surface area contributed by atoms with E-state index in [0.29, 0.717) is 13.2 Å². The zero-order valence-electron chi connectivity index (χ0n) is 11.2. The molecule has 1 aliphatic rings. The molecule has 0 saturated heterocycles. The van der Waals surface area contributed by atoms with Gasteiger partial charge in [0.2, 0.25) is 0 Å². The summed E-state index contributed by atoms with van der Waals surface area (Å²) in [6, 6.07) is 6.16. The van der Waals surface area contributed by atoms with Crippen molar-refractivity contribution in [3.05, 3.63) is 35.9 Å². The number of rotatable bonds is 5. The summed E-state index contributed by atoms with van der Waals surface area (Å²) in [4.78, 5) is 0. The average molecular weight is 247 g/mol. The SMILES string of the molecule is C=C(C)C(NCCC)c1cccc2c1OCCO2. The highest BCUT2D eigenvalue weighted by molar-refractivity contribution is 5.50. The van der Waals surface area contributed by atoms with Crippen LogP contribution in [-0.4, -0.2) is 19.8 Å². The van der Waals surface area contributed by atoms with Gasteiger partial charge in [0.15, 0.2) is 11.5 Å². The minimum absolute atomic E-state index is 0.126. The highest BCUT2D eigenvalue weighted by Gasteiger charge is 2.21. The molecule has 0 saturated carbocycles. The van der Waals surface area contributed by atoms with Gasteiger partial charge in [-0.25, -0.2) is 0 Å². The van der Waals surface area contributed by atoms with Crippen LogP contribution in [0.5, 0.6) is 11.5 Å². The van der Waals surface area contributed by atoms with Gasteiger partial charge in [0, 0.05) is 5.56 Å². The second kappa shape index (κ2) is 5.91. The monoisotopic (exact) mass is 247 g/mol. The van der Waals surface area contributed by atoms with E-state index >= 15 is 0 Å². The first kappa shape index (κ1) is 13.0. The number of benzene rings is 1. The number of nitrogens with one attached hydrogen (secondary N) is 1. The Hall–Kier alpha value is -1.48. The molecule has 3 heteroatoms. The van der Waals surface area contributed by atoms with Crippen LogP contribution in [0.15, 0.2) is 30.4 Å².